The van der Waals surface area contributed by atoms with Crippen molar-refractivity contribution in [3.05, 3.63) is 170 Å². The lowest BCUT2D eigenvalue weighted by Crippen LogP contribution is -2.58. The molecule has 0 atom stereocenters. The Labute approximate surface area is 356 Å². The van der Waals surface area contributed by atoms with Crippen LogP contribution in [-0.4, -0.2) is 11.3 Å². The van der Waals surface area contributed by atoms with Gasteiger partial charge in [-0.25, -0.2) is 0 Å². The Morgan fingerprint density at radius 1 is 0.393 bits per heavy atom. The van der Waals surface area contributed by atoms with E-state index >= 15 is 0 Å². The molecule has 0 N–H and O–H groups in total. The fourth-order valence-corrected chi connectivity index (χ4v) is 13.4. The highest BCUT2D eigenvalue weighted by molar-refractivity contribution is 8.01. The van der Waals surface area contributed by atoms with Crippen LogP contribution >= 0.6 is 23.5 Å². The topological polar surface area (TPSA) is 44.4 Å². The van der Waals surface area contributed by atoms with E-state index < -0.39 is 0 Å². The summed E-state index contributed by atoms with van der Waals surface area (Å²) >= 11 is 3.70. The van der Waals surface area contributed by atoms with E-state index in [4.69, 9.17) is 13.3 Å². The Bertz CT molecular complexity index is 4070. The Kier molecular flexibility index (Phi) is 6.35. The van der Waals surface area contributed by atoms with Gasteiger partial charge in [-0.15, -0.1) is 0 Å². The van der Waals surface area contributed by atoms with E-state index in [0.717, 1.165) is 87.4 Å². The smallest absolute Gasteiger partial charge is 0.257 e. The summed E-state index contributed by atoms with van der Waals surface area (Å²) in [6, 6.07) is 60.8. The molecule has 15 rings (SSSR count). The van der Waals surface area contributed by atoms with E-state index in [1.54, 1.807) is 0 Å². The van der Waals surface area contributed by atoms with Crippen molar-refractivity contribution in [2.24, 2.45) is 0 Å². The van der Waals surface area contributed by atoms with Crippen LogP contribution in [0.4, 0.5) is 0 Å². The number of para-hydroxylation sites is 5. The monoisotopic (exact) mass is 813 g/mol. The van der Waals surface area contributed by atoms with Gasteiger partial charge >= 0.3 is 0 Å². The van der Waals surface area contributed by atoms with Crippen LogP contribution in [0.5, 0.6) is 0 Å². The van der Waals surface area contributed by atoms with Gasteiger partial charge in [-0.3, -0.25) is 0 Å². The zero-order chi connectivity index (χ0) is 39.5. The molecule has 0 radical (unpaired) electrons. The van der Waals surface area contributed by atoms with Crippen LogP contribution < -0.4 is 16.4 Å². The lowest BCUT2D eigenvalue weighted by Gasteiger charge is -2.34. The first kappa shape index (κ1) is 32.8. The van der Waals surface area contributed by atoms with Crippen molar-refractivity contribution in [3.63, 3.8) is 0 Å². The summed E-state index contributed by atoms with van der Waals surface area (Å²) in [6.07, 6.45) is 0. The van der Waals surface area contributed by atoms with Gasteiger partial charge in [0.15, 0.2) is 0 Å². The van der Waals surface area contributed by atoms with Crippen LogP contribution in [0.2, 0.25) is 0 Å². The van der Waals surface area contributed by atoms with Crippen LogP contribution in [0.25, 0.3) is 104 Å². The third kappa shape index (κ3) is 4.20. The van der Waals surface area contributed by atoms with Crippen LogP contribution in [0.3, 0.4) is 0 Å². The molecule has 4 aromatic heterocycles. The van der Waals surface area contributed by atoms with E-state index in [-0.39, 0.29) is 6.71 Å². The first-order chi connectivity index (χ1) is 30.3. The largest absolute Gasteiger partial charge is 0.457 e. The maximum atomic E-state index is 7.27. The number of benzene rings is 9. The SMILES string of the molecule is c1ccc(-c2cc3c4c(c2)Sc2c(c5oc6ccccc6c5c5c6ccccc6n(-c6ccccc6)c25)B4c2c(c4oc5ccccc5c4c4c2oc2ccccc24)S3)cc1. The molecule has 0 spiro atoms. The zero-order valence-corrected chi connectivity index (χ0v) is 33.9. The molecule has 9 aromatic carbocycles. The first-order valence-electron chi connectivity index (χ1n) is 20.6. The maximum absolute atomic E-state index is 7.27. The third-order valence-electron chi connectivity index (χ3n) is 13.1. The molecule has 0 fully saturated rings. The first-order valence-corrected chi connectivity index (χ1v) is 22.2. The van der Waals surface area contributed by atoms with E-state index in [2.05, 4.69) is 174 Å². The number of furan rings is 3. The molecule has 0 saturated carbocycles. The lowest BCUT2D eigenvalue weighted by molar-refractivity contribution is 0.657. The van der Waals surface area contributed by atoms with Crippen molar-refractivity contribution < 1.29 is 13.3 Å². The second-order valence-electron chi connectivity index (χ2n) is 16.2. The average Bonchev–Trinajstić information content (AvgIpc) is 4.09. The van der Waals surface area contributed by atoms with E-state index in [0.29, 0.717) is 0 Å². The molecule has 13 aromatic rings. The summed E-state index contributed by atoms with van der Waals surface area (Å²) in [5.41, 5.74) is 14.8. The lowest BCUT2D eigenvalue weighted by atomic mass is 9.35. The summed E-state index contributed by atoms with van der Waals surface area (Å²) in [4.78, 5) is 4.75. The van der Waals surface area contributed by atoms with Crippen LogP contribution in [0, 0.1) is 0 Å². The number of hydrogen-bond acceptors (Lipinski definition) is 5. The van der Waals surface area contributed by atoms with Gasteiger partial charge in [0.1, 0.15) is 33.5 Å². The van der Waals surface area contributed by atoms with Crippen molar-refractivity contribution >= 4 is 134 Å². The second kappa shape index (κ2) is 11.8. The molecule has 0 aliphatic carbocycles. The summed E-state index contributed by atoms with van der Waals surface area (Å²) in [6.45, 7) is -0.238. The van der Waals surface area contributed by atoms with Gasteiger partial charge in [0.25, 0.3) is 6.71 Å². The fraction of sp³-hybridized carbons (Fsp3) is 0. The molecule has 0 unspecified atom stereocenters. The molecular weight excluding hydrogens is 786 g/mol. The molecule has 282 valence electrons. The van der Waals surface area contributed by atoms with Crippen molar-refractivity contribution in [3.8, 4) is 16.8 Å². The minimum absolute atomic E-state index is 0.238. The summed E-state index contributed by atoms with van der Waals surface area (Å²) in [5.74, 6) is 0. The number of rotatable bonds is 2. The van der Waals surface area contributed by atoms with E-state index in [1.165, 1.54) is 53.0 Å². The number of aromatic nitrogens is 1. The molecule has 7 heteroatoms. The molecular formula is C54H28BNO3S2. The van der Waals surface area contributed by atoms with Gasteiger partial charge in [-0.05, 0) is 76.0 Å². The molecule has 0 bridgehead atoms. The van der Waals surface area contributed by atoms with Crippen LogP contribution in [-0.2, 0) is 0 Å². The normalized spacial score (nSPS) is 13.4. The van der Waals surface area contributed by atoms with E-state index in [1.807, 2.05) is 23.5 Å². The Morgan fingerprint density at radius 3 is 1.51 bits per heavy atom. The van der Waals surface area contributed by atoms with Gasteiger partial charge in [0.05, 0.1) is 15.9 Å². The van der Waals surface area contributed by atoms with E-state index in [9.17, 15) is 0 Å². The number of nitrogens with zero attached hydrogens (tertiary/aromatic N) is 1. The predicted octanol–water partition coefficient (Wildman–Crippen LogP) is 13.6. The van der Waals surface area contributed by atoms with Crippen molar-refractivity contribution in [1.82, 2.24) is 4.57 Å². The third-order valence-corrected chi connectivity index (χ3v) is 15.4. The highest BCUT2D eigenvalue weighted by Crippen LogP contribution is 2.52. The van der Waals surface area contributed by atoms with Gasteiger partial charge in [0.2, 0.25) is 0 Å². The fourth-order valence-electron chi connectivity index (χ4n) is 10.7. The summed E-state index contributed by atoms with van der Waals surface area (Å²) in [5, 5.41) is 9.05. The maximum Gasteiger partial charge on any atom is 0.257 e. The van der Waals surface area contributed by atoms with Gasteiger partial charge in [-0.2, -0.15) is 0 Å². The average molecular weight is 814 g/mol. The molecule has 6 heterocycles. The molecule has 61 heavy (non-hydrogen) atoms. The van der Waals surface area contributed by atoms with Crippen molar-refractivity contribution in [1.29, 1.82) is 0 Å². The van der Waals surface area contributed by atoms with Gasteiger partial charge in [0, 0.05) is 63.5 Å². The van der Waals surface area contributed by atoms with Crippen LogP contribution in [0.15, 0.2) is 203 Å². The zero-order valence-electron chi connectivity index (χ0n) is 32.2. The second-order valence-corrected chi connectivity index (χ2v) is 18.3. The van der Waals surface area contributed by atoms with Crippen LogP contribution in [0.1, 0.15) is 0 Å². The molecule has 4 nitrogen and oxygen atoms in total. The Hall–Kier alpha value is -7.06. The minimum atomic E-state index is -0.238. The minimum Gasteiger partial charge on any atom is -0.457 e. The molecule has 2 aliphatic rings. The Morgan fingerprint density at radius 2 is 0.869 bits per heavy atom. The molecule has 0 amide bonds. The van der Waals surface area contributed by atoms with Gasteiger partial charge in [-0.1, -0.05) is 145 Å². The number of hydrogen-bond donors (Lipinski definition) is 0. The molecule has 2 aliphatic heterocycles. The standard InChI is InChI=1S/C54H28BNO3S2/c1-3-15-29(16-4-1)30-27-40-46-41(28-30)61-54-48(51-44(34-21-9-13-25-38(34)58-51)45-35-22-10-14-26-39(35)59-52(45)54)55(46)47-50-43(33-20-8-12-24-37(33)57-50)42-32-19-7-11-23-36(32)56(49(42)53(47)60-40)31-17-5-2-6-18-31/h1-28H. The quantitative estimate of drug-likeness (QED) is 0.163. The number of fused-ring (bicyclic) bond motifs is 22. The predicted molar refractivity (Wildman–Crippen MR) is 254 cm³/mol. The van der Waals surface area contributed by atoms with Gasteiger partial charge < -0.3 is 17.8 Å². The van der Waals surface area contributed by atoms with Crippen molar-refractivity contribution in [2.45, 2.75) is 19.6 Å². The molecule has 0 saturated heterocycles. The Balaban J connectivity index is 1.20. The van der Waals surface area contributed by atoms with Crippen molar-refractivity contribution in [2.75, 3.05) is 0 Å². The summed E-state index contributed by atoms with van der Waals surface area (Å²) in [7, 11) is 0. The highest BCUT2D eigenvalue weighted by Gasteiger charge is 2.46. The highest BCUT2D eigenvalue weighted by atomic mass is 32.2. The summed E-state index contributed by atoms with van der Waals surface area (Å²) < 4.78 is 24.0.